The topological polar surface area (TPSA) is 66.4 Å². The van der Waals surface area contributed by atoms with E-state index in [1.165, 1.54) is 0 Å². The number of carboxylic acids is 1. The number of hydrogen-bond donors (Lipinski definition) is 2. The summed E-state index contributed by atoms with van der Waals surface area (Å²) in [6.07, 6.45) is 2.94. The van der Waals surface area contributed by atoms with Gasteiger partial charge in [-0.15, -0.1) is 0 Å². The zero-order valence-electron chi connectivity index (χ0n) is 10.7. The molecule has 2 atom stereocenters. The number of rotatable bonds is 3. The summed E-state index contributed by atoms with van der Waals surface area (Å²) in [5, 5.41) is 12.5. The molecule has 1 amide bonds. The molecule has 0 saturated heterocycles. The summed E-state index contributed by atoms with van der Waals surface area (Å²) in [6.45, 7) is 0. The monoisotopic (exact) mass is 359 g/mol. The molecule has 1 aliphatic carbocycles. The highest BCUT2D eigenvalue weighted by atomic mass is 79.9. The maximum absolute atomic E-state index is 12.2. The summed E-state index contributed by atoms with van der Waals surface area (Å²) in [6, 6.07) is 5.11. The first-order chi connectivity index (χ1) is 9.49. The summed E-state index contributed by atoms with van der Waals surface area (Å²) in [5.74, 6) is -2.19. The Balaban J connectivity index is 2.09. The molecule has 0 aromatic heterocycles. The molecule has 108 valence electrons. The normalized spacial score (nSPS) is 22.3. The summed E-state index contributed by atoms with van der Waals surface area (Å²) < 4.78 is 0.748. The Bertz CT molecular complexity index is 535. The number of benzene rings is 1. The largest absolute Gasteiger partial charge is 0.481 e. The van der Waals surface area contributed by atoms with Crippen LogP contribution in [0.15, 0.2) is 22.7 Å². The third-order valence-electron chi connectivity index (χ3n) is 3.61. The van der Waals surface area contributed by atoms with E-state index in [0.29, 0.717) is 23.6 Å². The highest BCUT2D eigenvalue weighted by molar-refractivity contribution is 9.10. The average Bonchev–Trinajstić information content (AvgIpc) is 2.43. The number of nitrogens with one attached hydrogen (secondary N) is 1. The number of aliphatic carboxylic acids is 1. The van der Waals surface area contributed by atoms with Crippen LogP contribution >= 0.6 is 27.5 Å². The molecule has 6 heteroatoms. The number of carbonyl (C=O) groups excluding carboxylic acids is 1. The second-order valence-corrected chi connectivity index (χ2v) is 6.22. The zero-order valence-corrected chi connectivity index (χ0v) is 13.1. The maximum Gasteiger partial charge on any atom is 0.307 e. The van der Waals surface area contributed by atoms with Crippen LogP contribution in [-0.2, 0) is 9.59 Å². The predicted octanol–water partition coefficient (Wildman–Crippen LogP) is 3.93. The van der Waals surface area contributed by atoms with Gasteiger partial charge < -0.3 is 10.4 Å². The van der Waals surface area contributed by atoms with Gasteiger partial charge >= 0.3 is 5.97 Å². The van der Waals surface area contributed by atoms with Crippen molar-refractivity contribution >= 4 is 45.1 Å². The quantitative estimate of drug-likeness (QED) is 0.858. The smallest absolute Gasteiger partial charge is 0.307 e. The first-order valence-electron chi connectivity index (χ1n) is 6.48. The van der Waals surface area contributed by atoms with Gasteiger partial charge in [0.2, 0.25) is 5.91 Å². The lowest BCUT2D eigenvalue weighted by Gasteiger charge is -2.27. The van der Waals surface area contributed by atoms with Gasteiger partial charge in [-0.3, -0.25) is 9.59 Å². The van der Waals surface area contributed by atoms with Gasteiger partial charge in [0.25, 0.3) is 0 Å². The molecule has 2 N–H and O–H groups in total. The fourth-order valence-electron chi connectivity index (χ4n) is 2.55. The van der Waals surface area contributed by atoms with Crippen molar-refractivity contribution < 1.29 is 14.7 Å². The molecule has 1 saturated carbocycles. The molecule has 2 rings (SSSR count). The van der Waals surface area contributed by atoms with Crippen LogP contribution in [0.2, 0.25) is 5.02 Å². The Labute approximate surface area is 130 Å². The number of carbonyl (C=O) groups is 2. The van der Waals surface area contributed by atoms with Crippen molar-refractivity contribution in [2.24, 2.45) is 11.8 Å². The maximum atomic E-state index is 12.2. The van der Waals surface area contributed by atoms with Crippen molar-refractivity contribution in [3.63, 3.8) is 0 Å². The fraction of sp³-hybridized carbons (Fsp3) is 0.429. The van der Waals surface area contributed by atoms with Crippen LogP contribution in [0, 0.1) is 11.8 Å². The van der Waals surface area contributed by atoms with Crippen molar-refractivity contribution in [1.82, 2.24) is 0 Å². The van der Waals surface area contributed by atoms with Gasteiger partial charge in [-0.2, -0.15) is 0 Å². The van der Waals surface area contributed by atoms with Crippen LogP contribution in [0.3, 0.4) is 0 Å². The molecule has 0 aliphatic heterocycles. The van der Waals surface area contributed by atoms with Gasteiger partial charge in [-0.05, 0) is 47.0 Å². The van der Waals surface area contributed by atoms with E-state index < -0.39 is 17.8 Å². The highest BCUT2D eigenvalue weighted by Gasteiger charge is 2.35. The molecule has 0 spiro atoms. The van der Waals surface area contributed by atoms with Gasteiger partial charge in [-0.25, -0.2) is 0 Å². The number of carboxylic acid groups (broad SMARTS) is 1. The minimum absolute atomic E-state index is 0.240. The van der Waals surface area contributed by atoms with E-state index in [-0.39, 0.29) is 5.91 Å². The van der Waals surface area contributed by atoms with E-state index in [2.05, 4.69) is 21.2 Å². The van der Waals surface area contributed by atoms with Crippen LogP contribution < -0.4 is 5.32 Å². The van der Waals surface area contributed by atoms with Crippen LogP contribution in [-0.4, -0.2) is 17.0 Å². The lowest BCUT2D eigenvalue weighted by atomic mass is 9.78. The first kappa shape index (κ1) is 15.3. The minimum atomic E-state index is -0.890. The van der Waals surface area contributed by atoms with Crippen LogP contribution in [0.4, 0.5) is 5.69 Å². The highest BCUT2D eigenvalue weighted by Crippen LogP contribution is 2.32. The van der Waals surface area contributed by atoms with Gasteiger partial charge in [0.05, 0.1) is 16.9 Å². The van der Waals surface area contributed by atoms with Gasteiger partial charge in [0, 0.05) is 10.2 Å². The molecule has 20 heavy (non-hydrogen) atoms. The summed E-state index contributed by atoms with van der Waals surface area (Å²) in [5.41, 5.74) is 0.581. The number of hydrogen-bond acceptors (Lipinski definition) is 2. The van der Waals surface area contributed by atoms with Crippen LogP contribution in [0.25, 0.3) is 0 Å². The Morgan fingerprint density at radius 1 is 1.25 bits per heavy atom. The van der Waals surface area contributed by atoms with Gasteiger partial charge in [0.1, 0.15) is 0 Å². The van der Waals surface area contributed by atoms with Crippen molar-refractivity contribution in [2.75, 3.05) is 5.32 Å². The molecule has 0 unspecified atom stereocenters. The Morgan fingerprint density at radius 2 is 1.90 bits per heavy atom. The number of halogens is 2. The average molecular weight is 361 g/mol. The van der Waals surface area contributed by atoms with E-state index in [1.54, 1.807) is 18.2 Å². The van der Waals surface area contributed by atoms with E-state index in [4.69, 9.17) is 11.6 Å². The molecule has 1 aromatic carbocycles. The Hall–Kier alpha value is -1.07. The van der Waals surface area contributed by atoms with Gasteiger partial charge in [0.15, 0.2) is 0 Å². The van der Waals surface area contributed by atoms with Crippen LogP contribution in [0.1, 0.15) is 25.7 Å². The molecule has 1 aromatic rings. The van der Waals surface area contributed by atoms with E-state index in [1.807, 2.05) is 0 Å². The molecule has 0 radical (unpaired) electrons. The summed E-state index contributed by atoms with van der Waals surface area (Å²) >= 11 is 9.25. The number of anilines is 1. The second kappa shape index (κ2) is 6.59. The second-order valence-electron chi connectivity index (χ2n) is 4.95. The van der Waals surface area contributed by atoms with E-state index in [9.17, 15) is 14.7 Å². The molecule has 4 nitrogen and oxygen atoms in total. The molecule has 1 fully saturated rings. The molecular formula is C14H15BrClNO3. The van der Waals surface area contributed by atoms with Crippen molar-refractivity contribution in [3.8, 4) is 0 Å². The van der Waals surface area contributed by atoms with Crippen LogP contribution in [0.5, 0.6) is 0 Å². The SMILES string of the molecule is O=C(O)[C@H]1CCCC[C@@H]1C(=O)Nc1ccc(Br)c(Cl)c1. The molecule has 0 heterocycles. The van der Waals surface area contributed by atoms with E-state index >= 15 is 0 Å². The standard InChI is InChI=1S/C14H15BrClNO3/c15-11-6-5-8(7-12(11)16)17-13(18)9-3-1-2-4-10(9)14(19)20/h5-7,9-10H,1-4H2,(H,17,18)(H,19,20)/t9-,10-/m0/s1. The zero-order chi connectivity index (χ0) is 14.7. The molecule has 1 aliphatic rings. The Kier molecular flexibility index (Phi) is 5.05. The van der Waals surface area contributed by atoms with Crippen molar-refractivity contribution in [1.29, 1.82) is 0 Å². The lowest BCUT2D eigenvalue weighted by Crippen LogP contribution is -2.36. The molecular weight excluding hydrogens is 346 g/mol. The molecule has 0 bridgehead atoms. The summed E-state index contributed by atoms with van der Waals surface area (Å²) in [7, 11) is 0. The Morgan fingerprint density at radius 3 is 2.50 bits per heavy atom. The minimum Gasteiger partial charge on any atom is -0.481 e. The van der Waals surface area contributed by atoms with Gasteiger partial charge in [-0.1, -0.05) is 24.4 Å². The lowest BCUT2D eigenvalue weighted by molar-refractivity contribution is -0.147. The fourth-order valence-corrected chi connectivity index (χ4v) is 2.98. The van der Waals surface area contributed by atoms with Crippen molar-refractivity contribution in [3.05, 3.63) is 27.7 Å². The summed E-state index contributed by atoms with van der Waals surface area (Å²) in [4.78, 5) is 23.5. The first-order valence-corrected chi connectivity index (χ1v) is 7.65. The third kappa shape index (κ3) is 3.52. The predicted molar refractivity (Wildman–Crippen MR) is 80.9 cm³/mol. The van der Waals surface area contributed by atoms with Crippen molar-refractivity contribution in [2.45, 2.75) is 25.7 Å². The van der Waals surface area contributed by atoms with E-state index in [0.717, 1.165) is 17.3 Å². The number of amides is 1. The third-order valence-corrected chi connectivity index (χ3v) is 4.84.